The fourth-order valence-corrected chi connectivity index (χ4v) is 3.85. The van der Waals surface area contributed by atoms with E-state index in [9.17, 15) is 19.7 Å². The summed E-state index contributed by atoms with van der Waals surface area (Å²) in [5.74, 6) is -2.09. The van der Waals surface area contributed by atoms with Crippen molar-refractivity contribution in [3.8, 4) is 0 Å². The minimum absolute atomic E-state index is 0.00117. The highest BCUT2D eigenvalue weighted by atomic mass is 35.5. The minimum Gasteiger partial charge on any atom is -0.468 e. The lowest BCUT2D eigenvalue weighted by Crippen LogP contribution is -2.36. The highest BCUT2D eigenvalue weighted by Crippen LogP contribution is 2.44. The van der Waals surface area contributed by atoms with E-state index in [-0.39, 0.29) is 16.5 Å². The van der Waals surface area contributed by atoms with Crippen LogP contribution in [0, 0.1) is 16.0 Å². The first-order valence-electron chi connectivity index (χ1n) is 8.18. The Balaban J connectivity index is 2.22. The van der Waals surface area contributed by atoms with E-state index in [1.54, 1.807) is 13.0 Å². The molecule has 1 aliphatic carbocycles. The maximum atomic E-state index is 12.6. The number of ether oxygens (including phenoxy) is 1. The Kier molecular flexibility index (Phi) is 4.91. The van der Waals surface area contributed by atoms with Crippen molar-refractivity contribution in [1.82, 2.24) is 0 Å². The molecule has 1 unspecified atom stereocenters. The summed E-state index contributed by atoms with van der Waals surface area (Å²) in [4.78, 5) is 40.2. The summed E-state index contributed by atoms with van der Waals surface area (Å²) in [6, 6.07) is 4.35. The summed E-state index contributed by atoms with van der Waals surface area (Å²) in [6.45, 7) is 1.71. The van der Waals surface area contributed by atoms with Gasteiger partial charge >= 0.3 is 5.97 Å². The van der Waals surface area contributed by atoms with E-state index in [0.29, 0.717) is 41.8 Å². The lowest BCUT2D eigenvalue weighted by atomic mass is 9.71. The van der Waals surface area contributed by atoms with Crippen molar-refractivity contribution in [3.63, 3.8) is 0 Å². The van der Waals surface area contributed by atoms with Crippen LogP contribution in [0.4, 0.5) is 5.69 Å². The SMILES string of the molecule is COC(=O)C1C(C)=NC2=C(C(=O)CCC2)[C@H]1c1ccc(Cl)c([N+](=O)[O-])c1. The summed E-state index contributed by atoms with van der Waals surface area (Å²) in [5.41, 5.74) is 1.86. The van der Waals surface area contributed by atoms with E-state index in [1.165, 1.54) is 19.2 Å². The van der Waals surface area contributed by atoms with Gasteiger partial charge in [0.05, 0.1) is 12.0 Å². The van der Waals surface area contributed by atoms with Crippen LogP contribution in [0.25, 0.3) is 0 Å². The molecule has 0 saturated carbocycles. The molecule has 3 rings (SSSR count). The fraction of sp³-hybridized carbons (Fsp3) is 0.389. The first kappa shape index (κ1) is 18.3. The average molecular weight is 377 g/mol. The van der Waals surface area contributed by atoms with Crippen molar-refractivity contribution in [2.75, 3.05) is 7.11 Å². The number of Topliss-reactive ketones (excluding diaryl/α,β-unsaturated/α-hetero) is 1. The molecule has 0 fully saturated rings. The van der Waals surface area contributed by atoms with Crippen LogP contribution in [0.5, 0.6) is 0 Å². The molecule has 0 aromatic heterocycles. The molecule has 0 spiro atoms. The maximum Gasteiger partial charge on any atom is 0.315 e. The zero-order chi connectivity index (χ0) is 19.0. The maximum absolute atomic E-state index is 12.6. The monoisotopic (exact) mass is 376 g/mol. The number of hydrogen-bond donors (Lipinski definition) is 0. The van der Waals surface area contributed by atoms with Gasteiger partial charge in [0.15, 0.2) is 5.78 Å². The van der Waals surface area contributed by atoms with Crippen molar-refractivity contribution in [3.05, 3.63) is 50.2 Å². The Bertz CT molecular complexity index is 874. The van der Waals surface area contributed by atoms with E-state index >= 15 is 0 Å². The molecular weight excluding hydrogens is 360 g/mol. The zero-order valence-corrected chi connectivity index (χ0v) is 15.1. The van der Waals surface area contributed by atoms with Crippen molar-refractivity contribution < 1.29 is 19.2 Å². The third kappa shape index (κ3) is 3.03. The van der Waals surface area contributed by atoms with Gasteiger partial charge in [0.2, 0.25) is 0 Å². The van der Waals surface area contributed by atoms with Crippen LogP contribution in [0.3, 0.4) is 0 Å². The minimum atomic E-state index is -0.804. The van der Waals surface area contributed by atoms with Gasteiger partial charge in [-0.05, 0) is 31.4 Å². The highest BCUT2D eigenvalue weighted by Gasteiger charge is 2.43. The van der Waals surface area contributed by atoms with Crippen LogP contribution in [-0.2, 0) is 14.3 Å². The molecule has 0 radical (unpaired) electrons. The van der Waals surface area contributed by atoms with Crippen LogP contribution in [0.15, 0.2) is 34.5 Å². The van der Waals surface area contributed by atoms with E-state index in [4.69, 9.17) is 16.3 Å². The molecule has 1 aromatic carbocycles. The van der Waals surface area contributed by atoms with Gasteiger partial charge in [-0.25, -0.2) is 0 Å². The van der Waals surface area contributed by atoms with Crippen LogP contribution < -0.4 is 0 Å². The highest BCUT2D eigenvalue weighted by molar-refractivity contribution is 6.32. The third-order valence-electron chi connectivity index (χ3n) is 4.82. The summed E-state index contributed by atoms with van der Waals surface area (Å²) < 4.78 is 4.91. The lowest BCUT2D eigenvalue weighted by molar-refractivity contribution is -0.384. The Hall–Kier alpha value is -2.54. The quantitative estimate of drug-likeness (QED) is 0.456. The largest absolute Gasteiger partial charge is 0.468 e. The Morgan fingerprint density at radius 2 is 2.12 bits per heavy atom. The van der Waals surface area contributed by atoms with Gasteiger partial charge in [-0.15, -0.1) is 0 Å². The molecule has 1 aliphatic heterocycles. The smallest absolute Gasteiger partial charge is 0.315 e. The number of ketones is 1. The Labute approximate surface area is 154 Å². The topological polar surface area (TPSA) is 98.9 Å². The Morgan fingerprint density at radius 1 is 1.38 bits per heavy atom. The molecule has 0 amide bonds. The van der Waals surface area contributed by atoms with Gasteiger partial charge in [0, 0.05) is 35.4 Å². The number of nitro benzene ring substituents is 1. The lowest BCUT2D eigenvalue weighted by Gasteiger charge is -2.34. The number of rotatable bonds is 3. The number of methoxy groups -OCH3 is 1. The van der Waals surface area contributed by atoms with Crippen molar-refractivity contribution in [2.24, 2.45) is 10.9 Å². The Morgan fingerprint density at radius 3 is 2.77 bits per heavy atom. The summed E-state index contributed by atoms with van der Waals surface area (Å²) in [5, 5.41) is 11.3. The van der Waals surface area contributed by atoms with Gasteiger partial charge in [-0.1, -0.05) is 17.7 Å². The second kappa shape index (κ2) is 6.99. The molecule has 7 nitrogen and oxygen atoms in total. The van der Waals surface area contributed by atoms with Gasteiger partial charge in [-0.3, -0.25) is 24.7 Å². The molecule has 1 aromatic rings. The third-order valence-corrected chi connectivity index (χ3v) is 5.14. The van der Waals surface area contributed by atoms with Crippen LogP contribution >= 0.6 is 11.6 Å². The number of nitro groups is 1. The van der Waals surface area contributed by atoms with Crippen molar-refractivity contribution in [1.29, 1.82) is 0 Å². The van der Waals surface area contributed by atoms with Gasteiger partial charge in [0.1, 0.15) is 10.9 Å². The molecule has 8 heteroatoms. The number of benzene rings is 1. The standard InChI is InChI=1S/C18H17ClN2O5/c1-9-15(18(23)26-2)16(17-12(20-9)4-3-5-14(17)22)10-6-7-11(19)13(8-10)21(24)25/h6-8,15-16H,3-5H2,1-2H3/t15?,16-/m0/s1. The average Bonchev–Trinajstić information content (AvgIpc) is 2.60. The van der Waals surface area contributed by atoms with Crippen molar-refractivity contribution in [2.45, 2.75) is 32.1 Å². The normalized spacial score (nSPS) is 22.6. The first-order valence-corrected chi connectivity index (χ1v) is 8.56. The number of hydrogen-bond acceptors (Lipinski definition) is 6. The molecule has 0 bridgehead atoms. The molecule has 2 aliphatic rings. The molecule has 1 heterocycles. The zero-order valence-electron chi connectivity index (χ0n) is 14.3. The number of aliphatic imine (C=N–C) groups is 1. The van der Waals surface area contributed by atoms with E-state index in [2.05, 4.69) is 4.99 Å². The fourth-order valence-electron chi connectivity index (χ4n) is 3.66. The van der Waals surface area contributed by atoms with Gasteiger partial charge in [-0.2, -0.15) is 0 Å². The molecule has 0 saturated heterocycles. The number of nitrogens with zero attached hydrogens (tertiary/aromatic N) is 2. The van der Waals surface area contributed by atoms with E-state index in [0.717, 1.165) is 0 Å². The summed E-state index contributed by atoms with van der Waals surface area (Å²) in [6.07, 6.45) is 1.71. The second-order valence-electron chi connectivity index (χ2n) is 6.34. The molecule has 2 atom stereocenters. The molecule has 136 valence electrons. The van der Waals surface area contributed by atoms with Crippen molar-refractivity contribution >= 4 is 34.8 Å². The number of esters is 1. The summed E-state index contributed by atoms with van der Waals surface area (Å²) >= 11 is 5.92. The van der Waals surface area contributed by atoms with E-state index in [1.807, 2.05) is 0 Å². The van der Waals surface area contributed by atoms with Gasteiger partial charge < -0.3 is 4.74 Å². The molecule has 26 heavy (non-hydrogen) atoms. The number of halogens is 1. The predicted octanol–water partition coefficient (Wildman–Crippen LogP) is 3.60. The second-order valence-corrected chi connectivity index (χ2v) is 6.74. The van der Waals surface area contributed by atoms with Crippen LogP contribution in [-0.4, -0.2) is 29.5 Å². The molecular formula is C18H17ClN2O5. The number of carbonyl (C=O) groups is 2. The first-order chi connectivity index (χ1) is 12.3. The number of carbonyl (C=O) groups excluding carboxylic acids is 2. The summed E-state index contributed by atoms with van der Waals surface area (Å²) in [7, 11) is 1.27. The predicted molar refractivity (Wildman–Crippen MR) is 95.3 cm³/mol. The van der Waals surface area contributed by atoms with Crippen LogP contribution in [0.2, 0.25) is 5.02 Å². The van der Waals surface area contributed by atoms with Crippen LogP contribution in [0.1, 0.15) is 37.7 Å². The van der Waals surface area contributed by atoms with Gasteiger partial charge in [0.25, 0.3) is 5.69 Å². The van der Waals surface area contributed by atoms with E-state index < -0.39 is 22.7 Å². The molecule has 0 N–H and O–H groups in total. The number of allylic oxidation sites excluding steroid dienone is 2.